The van der Waals surface area contributed by atoms with E-state index >= 15 is 0 Å². The third-order valence-corrected chi connectivity index (χ3v) is 5.87. The normalized spacial score (nSPS) is 11.4. The molecule has 147 valence electrons. The number of fused-ring (bicyclic) bond motifs is 3. The van der Waals surface area contributed by atoms with E-state index in [1.54, 1.807) is 12.1 Å². The molecule has 1 amide bonds. The number of nitrogens with zero attached hydrogens (tertiary/aromatic N) is 1. The predicted molar refractivity (Wildman–Crippen MR) is 121 cm³/mol. The molecule has 0 aliphatic heterocycles. The Balaban J connectivity index is 1.98. The molecule has 1 radical (unpaired) electrons. The van der Waals surface area contributed by atoms with E-state index in [9.17, 15) is 4.79 Å². The van der Waals surface area contributed by atoms with Crippen LogP contribution >= 0.6 is 23.2 Å². The lowest BCUT2D eigenvalue weighted by molar-refractivity contribution is 0.100. The third-order valence-electron chi connectivity index (χ3n) is 5.28. The number of aryl methyl sites for hydroxylation is 1. The van der Waals surface area contributed by atoms with Gasteiger partial charge in [-0.1, -0.05) is 54.7 Å². The molecule has 29 heavy (non-hydrogen) atoms. The molecule has 0 saturated heterocycles. The minimum atomic E-state index is -0.442. The lowest BCUT2D eigenvalue weighted by atomic mass is 10.0. The van der Waals surface area contributed by atoms with Gasteiger partial charge in [-0.15, -0.1) is 0 Å². The van der Waals surface area contributed by atoms with E-state index in [0.29, 0.717) is 22.2 Å². The van der Waals surface area contributed by atoms with E-state index in [-0.39, 0.29) is 0 Å². The number of benzene rings is 3. The fourth-order valence-corrected chi connectivity index (χ4v) is 4.29. The first-order valence-corrected chi connectivity index (χ1v) is 10.4. The van der Waals surface area contributed by atoms with Crippen molar-refractivity contribution < 1.29 is 4.79 Å². The van der Waals surface area contributed by atoms with Gasteiger partial charge in [-0.05, 0) is 60.4 Å². The molecule has 4 rings (SSSR count). The van der Waals surface area contributed by atoms with Crippen LogP contribution in [-0.2, 0) is 13.0 Å². The largest absolute Gasteiger partial charge is 0.366 e. The van der Waals surface area contributed by atoms with Crippen molar-refractivity contribution >= 4 is 50.9 Å². The Bertz CT molecular complexity index is 1230. The molecule has 1 aromatic heterocycles. The second-order valence-electron chi connectivity index (χ2n) is 7.26. The van der Waals surface area contributed by atoms with Gasteiger partial charge in [0.25, 0.3) is 0 Å². The molecule has 0 aliphatic carbocycles. The molecule has 0 fully saturated rings. The van der Waals surface area contributed by atoms with Gasteiger partial charge in [0.05, 0.1) is 11.0 Å². The monoisotopic (exact) mass is 423 g/mol. The first-order chi connectivity index (χ1) is 14.0. The van der Waals surface area contributed by atoms with Gasteiger partial charge < -0.3 is 10.3 Å². The van der Waals surface area contributed by atoms with Gasteiger partial charge in [0.2, 0.25) is 5.91 Å². The van der Waals surface area contributed by atoms with Crippen LogP contribution in [0.4, 0.5) is 0 Å². The lowest BCUT2D eigenvalue weighted by Gasteiger charge is -2.11. The number of hydrogen-bond acceptors (Lipinski definition) is 1. The van der Waals surface area contributed by atoms with Gasteiger partial charge in [0.15, 0.2) is 0 Å². The van der Waals surface area contributed by atoms with Crippen LogP contribution in [0, 0.1) is 6.07 Å². The van der Waals surface area contributed by atoms with Gasteiger partial charge in [0, 0.05) is 32.9 Å². The maximum atomic E-state index is 12.1. The first kappa shape index (κ1) is 19.8. The van der Waals surface area contributed by atoms with E-state index in [1.807, 2.05) is 30.3 Å². The molecule has 0 saturated carbocycles. The summed E-state index contributed by atoms with van der Waals surface area (Å²) >= 11 is 12.5. The number of nitrogens with two attached hydrogens (primary N) is 1. The van der Waals surface area contributed by atoms with Crippen LogP contribution in [0.1, 0.15) is 41.3 Å². The maximum Gasteiger partial charge on any atom is 0.249 e. The highest BCUT2D eigenvalue weighted by molar-refractivity contribution is 6.35. The van der Waals surface area contributed by atoms with E-state index in [0.717, 1.165) is 46.6 Å². The van der Waals surface area contributed by atoms with Crippen LogP contribution in [0.15, 0.2) is 48.5 Å². The minimum Gasteiger partial charge on any atom is -0.366 e. The van der Waals surface area contributed by atoms with Crippen molar-refractivity contribution in [2.75, 3.05) is 0 Å². The van der Waals surface area contributed by atoms with E-state index in [4.69, 9.17) is 28.9 Å². The summed E-state index contributed by atoms with van der Waals surface area (Å²) < 4.78 is 2.18. The topological polar surface area (TPSA) is 48.0 Å². The molecule has 1 heterocycles. The number of hydrogen-bond donors (Lipinski definition) is 1. The number of aromatic nitrogens is 1. The summed E-state index contributed by atoms with van der Waals surface area (Å²) in [4.78, 5) is 12.1. The Morgan fingerprint density at radius 2 is 1.97 bits per heavy atom. The highest BCUT2D eigenvalue weighted by Crippen LogP contribution is 2.34. The molecule has 3 aromatic carbocycles. The summed E-state index contributed by atoms with van der Waals surface area (Å²) in [5, 5.41) is 2.96. The Hall–Kier alpha value is -2.49. The maximum absolute atomic E-state index is 12.1. The fraction of sp³-hybridized carbons (Fsp3) is 0.208. The summed E-state index contributed by atoms with van der Waals surface area (Å²) in [7, 11) is 0. The number of halogens is 2. The van der Waals surface area contributed by atoms with Crippen LogP contribution in [0.5, 0.6) is 0 Å². The Labute approximate surface area is 180 Å². The van der Waals surface area contributed by atoms with Crippen molar-refractivity contribution in [1.29, 1.82) is 0 Å². The molecule has 0 bridgehead atoms. The second kappa shape index (κ2) is 8.10. The molecule has 5 heteroatoms. The quantitative estimate of drug-likeness (QED) is 0.383. The smallest absolute Gasteiger partial charge is 0.249 e. The average molecular weight is 424 g/mol. The summed E-state index contributed by atoms with van der Waals surface area (Å²) in [6, 6.07) is 18.8. The van der Waals surface area contributed by atoms with Crippen molar-refractivity contribution in [3.63, 3.8) is 0 Å². The molecular weight excluding hydrogens is 403 g/mol. The minimum absolute atomic E-state index is 0.442. The highest BCUT2D eigenvalue weighted by Gasteiger charge is 2.17. The van der Waals surface area contributed by atoms with E-state index in [2.05, 4.69) is 23.6 Å². The Morgan fingerprint density at radius 1 is 1.14 bits per heavy atom. The summed E-state index contributed by atoms with van der Waals surface area (Å²) in [6.07, 6.45) is 3.25. The molecule has 0 spiro atoms. The molecule has 2 N–H and O–H groups in total. The number of rotatable bonds is 6. The van der Waals surface area contributed by atoms with Crippen molar-refractivity contribution in [2.24, 2.45) is 5.73 Å². The summed E-state index contributed by atoms with van der Waals surface area (Å²) in [6.45, 7) is 2.74. The van der Waals surface area contributed by atoms with Crippen LogP contribution < -0.4 is 5.73 Å². The first-order valence-electron chi connectivity index (χ1n) is 9.69. The molecule has 3 nitrogen and oxygen atoms in total. The SMILES string of the molecule is CCCCc1c[c]c2c3c(C(N)=O)cccc3n(Cc3ccc(Cl)cc3Cl)c2c1. The number of unbranched alkanes of at least 4 members (excludes halogenated alkanes) is 1. The van der Waals surface area contributed by atoms with Crippen molar-refractivity contribution in [3.05, 3.63) is 81.3 Å². The van der Waals surface area contributed by atoms with Gasteiger partial charge in [0.1, 0.15) is 0 Å². The Kier molecular flexibility index (Phi) is 5.53. The zero-order valence-corrected chi connectivity index (χ0v) is 17.6. The van der Waals surface area contributed by atoms with Crippen LogP contribution in [0.2, 0.25) is 10.0 Å². The van der Waals surface area contributed by atoms with Gasteiger partial charge in [-0.2, -0.15) is 0 Å². The summed E-state index contributed by atoms with van der Waals surface area (Å²) in [5.41, 5.74) is 10.3. The van der Waals surface area contributed by atoms with Gasteiger partial charge in [-0.25, -0.2) is 0 Å². The second-order valence-corrected chi connectivity index (χ2v) is 8.10. The third kappa shape index (κ3) is 3.73. The van der Waals surface area contributed by atoms with E-state index < -0.39 is 5.91 Å². The molecule has 0 aliphatic rings. The molecule has 4 aromatic rings. The lowest BCUT2D eigenvalue weighted by Crippen LogP contribution is -2.11. The summed E-state index contributed by atoms with van der Waals surface area (Å²) in [5.74, 6) is -0.442. The molecule has 0 atom stereocenters. The zero-order valence-electron chi connectivity index (χ0n) is 16.1. The van der Waals surface area contributed by atoms with Crippen LogP contribution in [0.25, 0.3) is 21.8 Å². The molecular formula is C24H21Cl2N2O. The average Bonchev–Trinajstić information content (AvgIpc) is 3.01. The van der Waals surface area contributed by atoms with Crippen LogP contribution in [-0.4, -0.2) is 10.5 Å². The van der Waals surface area contributed by atoms with Crippen molar-refractivity contribution in [1.82, 2.24) is 4.57 Å². The number of primary amides is 1. The van der Waals surface area contributed by atoms with Gasteiger partial charge >= 0.3 is 0 Å². The highest BCUT2D eigenvalue weighted by atomic mass is 35.5. The number of carbonyl (C=O) groups is 1. The predicted octanol–water partition coefficient (Wildman–Crippen LogP) is 6.39. The van der Waals surface area contributed by atoms with Crippen molar-refractivity contribution in [2.45, 2.75) is 32.7 Å². The fourth-order valence-electron chi connectivity index (χ4n) is 3.82. The van der Waals surface area contributed by atoms with E-state index in [1.165, 1.54) is 5.56 Å². The standard InChI is InChI=1S/C24H21Cl2N2O/c1-2-3-5-15-8-11-18-22(12-15)28(14-16-9-10-17(25)13-20(16)26)21-7-4-6-19(23(18)21)24(27)29/h4,6-10,12-13H,2-3,5,14H2,1H3,(H2,27,29). The van der Waals surface area contributed by atoms with Crippen molar-refractivity contribution in [3.8, 4) is 0 Å². The number of amides is 1. The van der Waals surface area contributed by atoms with Gasteiger partial charge in [-0.3, -0.25) is 4.79 Å². The molecule has 0 unspecified atom stereocenters. The zero-order chi connectivity index (χ0) is 20.5. The number of carbonyl (C=O) groups excluding carboxylic acids is 1. The van der Waals surface area contributed by atoms with Crippen LogP contribution in [0.3, 0.4) is 0 Å². The Morgan fingerprint density at radius 3 is 2.69 bits per heavy atom.